The Hall–Kier alpha value is -1.57. The number of aromatic nitrogens is 2. The summed E-state index contributed by atoms with van der Waals surface area (Å²) < 4.78 is 0. The zero-order valence-electron chi connectivity index (χ0n) is 9.96. The van der Waals surface area contributed by atoms with E-state index in [1.165, 1.54) is 16.7 Å². The monoisotopic (exact) mass is 214 g/mol. The molecule has 1 N–H and O–H groups in total. The topological polar surface area (TPSA) is 28.7 Å². The third kappa shape index (κ3) is 2.72. The second kappa shape index (κ2) is 4.97. The van der Waals surface area contributed by atoms with E-state index in [1.807, 2.05) is 6.20 Å². The number of rotatable bonds is 4. The summed E-state index contributed by atoms with van der Waals surface area (Å²) in [5, 5.41) is 0. The van der Waals surface area contributed by atoms with E-state index in [4.69, 9.17) is 0 Å². The Morgan fingerprint density at radius 2 is 2.06 bits per heavy atom. The van der Waals surface area contributed by atoms with Crippen molar-refractivity contribution in [2.24, 2.45) is 0 Å². The fourth-order valence-electron chi connectivity index (χ4n) is 2.01. The standard InChI is InChI=1S/C14H18N2/c1-11-6-7-13(12(2)8-11)4-3-5-14-9-15-10-16-14/h6-10H,3-5H2,1-2H3,(H,15,16). The number of nitrogens with one attached hydrogen (secondary N) is 1. The molecule has 0 radical (unpaired) electrons. The predicted molar refractivity (Wildman–Crippen MR) is 66.5 cm³/mol. The van der Waals surface area contributed by atoms with Crippen LogP contribution in [0.1, 0.15) is 28.8 Å². The van der Waals surface area contributed by atoms with E-state index in [0.717, 1.165) is 25.0 Å². The van der Waals surface area contributed by atoms with Crippen molar-refractivity contribution in [2.45, 2.75) is 33.1 Å². The van der Waals surface area contributed by atoms with Crippen molar-refractivity contribution < 1.29 is 0 Å². The number of hydrogen-bond donors (Lipinski definition) is 1. The zero-order chi connectivity index (χ0) is 11.4. The lowest BCUT2D eigenvalue weighted by Crippen LogP contribution is -1.93. The SMILES string of the molecule is Cc1ccc(CCCc2c[nH]cn2)c(C)c1. The quantitative estimate of drug-likeness (QED) is 0.831. The minimum absolute atomic E-state index is 1.05. The Morgan fingerprint density at radius 1 is 1.19 bits per heavy atom. The Bertz CT molecular complexity index is 444. The molecule has 1 aromatic heterocycles. The van der Waals surface area contributed by atoms with E-state index in [2.05, 4.69) is 42.0 Å². The normalized spacial score (nSPS) is 10.6. The summed E-state index contributed by atoms with van der Waals surface area (Å²) in [5.74, 6) is 0. The molecule has 1 heterocycles. The number of hydrogen-bond acceptors (Lipinski definition) is 1. The molecule has 0 unspecified atom stereocenters. The van der Waals surface area contributed by atoms with Gasteiger partial charge in [0.1, 0.15) is 0 Å². The highest BCUT2D eigenvalue weighted by molar-refractivity contribution is 5.30. The Balaban J connectivity index is 1.90. The van der Waals surface area contributed by atoms with Crippen LogP contribution in [0.4, 0.5) is 0 Å². The lowest BCUT2D eigenvalue weighted by molar-refractivity contribution is 0.800. The predicted octanol–water partition coefficient (Wildman–Crippen LogP) is 3.20. The maximum atomic E-state index is 4.23. The molecule has 16 heavy (non-hydrogen) atoms. The highest BCUT2D eigenvalue weighted by atomic mass is 14.9. The molecule has 84 valence electrons. The van der Waals surface area contributed by atoms with Crippen LogP contribution in [0.3, 0.4) is 0 Å². The Labute approximate surface area is 96.7 Å². The number of benzene rings is 1. The van der Waals surface area contributed by atoms with Gasteiger partial charge in [-0.05, 0) is 44.2 Å². The molecule has 2 nitrogen and oxygen atoms in total. The van der Waals surface area contributed by atoms with Crippen LogP contribution in [0.2, 0.25) is 0 Å². The third-order valence-electron chi connectivity index (χ3n) is 2.93. The third-order valence-corrected chi connectivity index (χ3v) is 2.93. The van der Waals surface area contributed by atoms with Crippen LogP contribution in [0, 0.1) is 13.8 Å². The highest BCUT2D eigenvalue weighted by Gasteiger charge is 2.00. The van der Waals surface area contributed by atoms with Gasteiger partial charge in [0.05, 0.1) is 12.0 Å². The van der Waals surface area contributed by atoms with Crippen molar-refractivity contribution in [2.75, 3.05) is 0 Å². The maximum absolute atomic E-state index is 4.23. The summed E-state index contributed by atoms with van der Waals surface area (Å²) in [7, 11) is 0. The van der Waals surface area contributed by atoms with Crippen LogP contribution in [-0.4, -0.2) is 9.97 Å². The molecule has 0 aliphatic carbocycles. The molecular weight excluding hydrogens is 196 g/mol. The minimum Gasteiger partial charge on any atom is -0.351 e. The van der Waals surface area contributed by atoms with Crippen molar-refractivity contribution in [3.8, 4) is 0 Å². The molecule has 1 aromatic carbocycles. The molecule has 0 aliphatic rings. The van der Waals surface area contributed by atoms with Crippen LogP contribution in [0.25, 0.3) is 0 Å². The van der Waals surface area contributed by atoms with E-state index in [1.54, 1.807) is 6.33 Å². The van der Waals surface area contributed by atoms with Gasteiger partial charge >= 0.3 is 0 Å². The van der Waals surface area contributed by atoms with Crippen molar-refractivity contribution in [3.05, 3.63) is 53.1 Å². The summed E-state index contributed by atoms with van der Waals surface area (Å²) in [6.45, 7) is 4.33. The van der Waals surface area contributed by atoms with Gasteiger partial charge < -0.3 is 4.98 Å². The average Bonchev–Trinajstić information content (AvgIpc) is 2.74. The Kier molecular flexibility index (Phi) is 3.40. The number of H-pyrrole nitrogens is 1. The fraction of sp³-hybridized carbons (Fsp3) is 0.357. The van der Waals surface area contributed by atoms with Gasteiger partial charge in [-0.15, -0.1) is 0 Å². The second-order valence-electron chi connectivity index (χ2n) is 4.34. The molecule has 0 bridgehead atoms. The smallest absolute Gasteiger partial charge is 0.0923 e. The number of imidazole rings is 1. The van der Waals surface area contributed by atoms with Crippen LogP contribution in [-0.2, 0) is 12.8 Å². The van der Waals surface area contributed by atoms with Crippen LogP contribution in [0.5, 0.6) is 0 Å². The van der Waals surface area contributed by atoms with Gasteiger partial charge in [-0.1, -0.05) is 23.8 Å². The van der Waals surface area contributed by atoms with Gasteiger partial charge in [-0.3, -0.25) is 0 Å². The molecule has 0 amide bonds. The van der Waals surface area contributed by atoms with Gasteiger partial charge in [0, 0.05) is 6.20 Å². The lowest BCUT2D eigenvalue weighted by Gasteiger charge is -2.06. The molecule has 2 heteroatoms. The fourth-order valence-corrected chi connectivity index (χ4v) is 2.01. The molecule has 0 saturated heterocycles. The van der Waals surface area contributed by atoms with Gasteiger partial charge in [0.15, 0.2) is 0 Å². The summed E-state index contributed by atoms with van der Waals surface area (Å²) in [5.41, 5.74) is 5.36. The van der Waals surface area contributed by atoms with Gasteiger partial charge in [-0.2, -0.15) is 0 Å². The molecule has 0 aliphatic heterocycles. The summed E-state index contributed by atoms with van der Waals surface area (Å²) in [6, 6.07) is 6.69. The van der Waals surface area contributed by atoms with Crippen LogP contribution in [0.15, 0.2) is 30.7 Å². The van der Waals surface area contributed by atoms with Crippen LogP contribution < -0.4 is 0 Å². The minimum atomic E-state index is 1.05. The van der Waals surface area contributed by atoms with Crippen molar-refractivity contribution in [1.29, 1.82) is 0 Å². The van der Waals surface area contributed by atoms with Gasteiger partial charge in [0.25, 0.3) is 0 Å². The summed E-state index contributed by atoms with van der Waals surface area (Å²) in [6.07, 6.45) is 7.07. The van der Waals surface area contributed by atoms with Crippen molar-refractivity contribution in [1.82, 2.24) is 9.97 Å². The maximum Gasteiger partial charge on any atom is 0.0923 e. The van der Waals surface area contributed by atoms with E-state index in [-0.39, 0.29) is 0 Å². The highest BCUT2D eigenvalue weighted by Crippen LogP contribution is 2.13. The first-order valence-corrected chi connectivity index (χ1v) is 5.79. The number of nitrogens with zero attached hydrogens (tertiary/aromatic N) is 1. The summed E-state index contributed by atoms with van der Waals surface area (Å²) in [4.78, 5) is 7.21. The Morgan fingerprint density at radius 3 is 2.75 bits per heavy atom. The van der Waals surface area contributed by atoms with Gasteiger partial charge in [0.2, 0.25) is 0 Å². The molecule has 2 rings (SSSR count). The van der Waals surface area contributed by atoms with Crippen molar-refractivity contribution in [3.63, 3.8) is 0 Å². The number of aromatic amines is 1. The second-order valence-corrected chi connectivity index (χ2v) is 4.34. The first-order valence-electron chi connectivity index (χ1n) is 5.79. The van der Waals surface area contributed by atoms with E-state index in [9.17, 15) is 0 Å². The molecular formula is C14H18N2. The summed E-state index contributed by atoms with van der Waals surface area (Å²) >= 11 is 0. The van der Waals surface area contributed by atoms with Crippen LogP contribution >= 0.6 is 0 Å². The molecule has 0 spiro atoms. The average molecular weight is 214 g/mol. The van der Waals surface area contributed by atoms with E-state index < -0.39 is 0 Å². The first kappa shape index (κ1) is 10.9. The molecule has 0 saturated carbocycles. The number of aryl methyl sites for hydroxylation is 4. The zero-order valence-corrected chi connectivity index (χ0v) is 9.96. The van der Waals surface area contributed by atoms with E-state index >= 15 is 0 Å². The molecule has 2 aromatic rings. The van der Waals surface area contributed by atoms with Gasteiger partial charge in [-0.25, -0.2) is 4.98 Å². The van der Waals surface area contributed by atoms with Crippen molar-refractivity contribution >= 4 is 0 Å². The molecule has 0 fully saturated rings. The largest absolute Gasteiger partial charge is 0.351 e. The molecule has 0 atom stereocenters. The first-order chi connectivity index (χ1) is 7.75. The lowest BCUT2D eigenvalue weighted by atomic mass is 10.0. The van der Waals surface area contributed by atoms with E-state index in [0.29, 0.717) is 0 Å².